The standard InChI is InChI=1S/C20H16F2N4O/c1-11-19(25-10-24-11)8-17-16-7-15(2-3-18(16)26-20(17)27)23-9-12-4-13(21)6-14(22)5-12/h2-8,10,23H,9H2,1H3,(H,24,25)(H,26,27). The fraction of sp³-hybridized carbons (Fsp3) is 0.100. The first kappa shape index (κ1) is 17.0. The van der Waals surface area contributed by atoms with E-state index in [2.05, 4.69) is 20.6 Å². The van der Waals surface area contributed by atoms with Crippen LogP contribution >= 0.6 is 0 Å². The van der Waals surface area contributed by atoms with Gasteiger partial charge in [-0.2, -0.15) is 0 Å². The molecule has 0 radical (unpaired) electrons. The summed E-state index contributed by atoms with van der Waals surface area (Å²) in [5.74, 6) is -1.43. The highest BCUT2D eigenvalue weighted by Gasteiger charge is 2.24. The summed E-state index contributed by atoms with van der Waals surface area (Å²) >= 11 is 0. The largest absolute Gasteiger partial charge is 0.381 e. The number of nitrogens with one attached hydrogen (secondary N) is 3. The van der Waals surface area contributed by atoms with Crippen LogP contribution in [0.5, 0.6) is 0 Å². The lowest BCUT2D eigenvalue weighted by atomic mass is 10.0. The van der Waals surface area contributed by atoms with Gasteiger partial charge in [0.15, 0.2) is 0 Å². The Labute approximate surface area is 154 Å². The predicted octanol–water partition coefficient (Wildman–Crippen LogP) is 4.10. The molecule has 5 nitrogen and oxygen atoms in total. The molecule has 1 aromatic heterocycles. The SMILES string of the molecule is Cc1[nH]cnc1C=C1C(=O)Nc2ccc(NCc3cc(F)cc(F)c3)cc21. The van der Waals surface area contributed by atoms with Crippen LogP contribution in [0.1, 0.15) is 22.5 Å². The maximum absolute atomic E-state index is 13.3. The van der Waals surface area contributed by atoms with Gasteiger partial charge in [0.25, 0.3) is 5.91 Å². The molecule has 3 aromatic rings. The van der Waals surface area contributed by atoms with Crippen LogP contribution in [-0.4, -0.2) is 15.9 Å². The number of anilines is 2. The quantitative estimate of drug-likeness (QED) is 0.609. The van der Waals surface area contributed by atoms with Crippen molar-refractivity contribution in [1.29, 1.82) is 0 Å². The minimum absolute atomic E-state index is 0.197. The first-order chi connectivity index (χ1) is 13.0. The van der Waals surface area contributed by atoms with Crippen molar-refractivity contribution < 1.29 is 13.6 Å². The van der Waals surface area contributed by atoms with Gasteiger partial charge in [0.1, 0.15) is 11.6 Å². The number of carbonyl (C=O) groups is 1. The van der Waals surface area contributed by atoms with Gasteiger partial charge in [-0.25, -0.2) is 13.8 Å². The summed E-state index contributed by atoms with van der Waals surface area (Å²) in [4.78, 5) is 19.5. The highest BCUT2D eigenvalue weighted by atomic mass is 19.1. The van der Waals surface area contributed by atoms with Gasteiger partial charge in [0.2, 0.25) is 0 Å². The number of aromatic nitrogens is 2. The number of aromatic amines is 1. The first-order valence-electron chi connectivity index (χ1n) is 8.36. The van der Waals surface area contributed by atoms with E-state index >= 15 is 0 Å². The number of halogens is 2. The van der Waals surface area contributed by atoms with Crippen LogP contribution in [0.4, 0.5) is 20.2 Å². The molecular formula is C20H16F2N4O. The van der Waals surface area contributed by atoms with E-state index in [1.165, 1.54) is 12.1 Å². The monoisotopic (exact) mass is 366 g/mol. The Bertz CT molecular complexity index is 1050. The average Bonchev–Trinajstić information content (AvgIpc) is 3.16. The van der Waals surface area contributed by atoms with Crippen molar-refractivity contribution >= 4 is 28.9 Å². The number of imidazole rings is 1. The molecule has 0 saturated carbocycles. The van der Waals surface area contributed by atoms with E-state index in [-0.39, 0.29) is 12.5 Å². The molecule has 136 valence electrons. The molecule has 2 heterocycles. The summed E-state index contributed by atoms with van der Waals surface area (Å²) in [5, 5.41) is 5.95. The molecule has 1 aliphatic rings. The zero-order chi connectivity index (χ0) is 19.0. The van der Waals surface area contributed by atoms with Gasteiger partial charge in [0, 0.05) is 35.2 Å². The lowest BCUT2D eigenvalue weighted by molar-refractivity contribution is -0.110. The van der Waals surface area contributed by atoms with E-state index in [9.17, 15) is 13.6 Å². The molecule has 3 N–H and O–H groups in total. The molecule has 0 saturated heterocycles. The highest BCUT2D eigenvalue weighted by Crippen LogP contribution is 2.35. The van der Waals surface area contributed by atoms with Crippen molar-refractivity contribution in [3.05, 3.63) is 76.9 Å². The zero-order valence-electron chi connectivity index (χ0n) is 14.4. The summed E-state index contributed by atoms with van der Waals surface area (Å²) in [7, 11) is 0. The first-order valence-corrected chi connectivity index (χ1v) is 8.36. The molecule has 0 spiro atoms. The summed E-state index contributed by atoms with van der Waals surface area (Å²) in [5.41, 5.74) is 4.76. The Morgan fingerprint density at radius 1 is 1.15 bits per heavy atom. The zero-order valence-corrected chi connectivity index (χ0v) is 14.4. The number of H-pyrrole nitrogens is 1. The number of hydrogen-bond acceptors (Lipinski definition) is 3. The van der Waals surface area contributed by atoms with E-state index < -0.39 is 11.6 Å². The maximum atomic E-state index is 13.3. The van der Waals surface area contributed by atoms with Gasteiger partial charge in [0.05, 0.1) is 17.6 Å². The fourth-order valence-corrected chi connectivity index (χ4v) is 3.01. The van der Waals surface area contributed by atoms with E-state index in [4.69, 9.17) is 0 Å². The third-order valence-corrected chi connectivity index (χ3v) is 4.37. The number of carbonyl (C=O) groups excluding carboxylic acids is 1. The van der Waals surface area contributed by atoms with Gasteiger partial charge in [-0.15, -0.1) is 0 Å². The minimum Gasteiger partial charge on any atom is -0.381 e. The molecule has 27 heavy (non-hydrogen) atoms. The van der Waals surface area contributed by atoms with Gasteiger partial charge < -0.3 is 15.6 Å². The van der Waals surface area contributed by atoms with Crippen LogP contribution in [-0.2, 0) is 11.3 Å². The smallest absolute Gasteiger partial charge is 0.256 e. The fourth-order valence-electron chi connectivity index (χ4n) is 3.01. The lowest BCUT2D eigenvalue weighted by Gasteiger charge is -2.09. The Morgan fingerprint density at radius 3 is 2.63 bits per heavy atom. The molecule has 2 aromatic carbocycles. The maximum Gasteiger partial charge on any atom is 0.256 e. The number of rotatable bonds is 4. The Hall–Kier alpha value is -3.48. The van der Waals surface area contributed by atoms with Crippen molar-refractivity contribution in [3.63, 3.8) is 0 Å². The summed E-state index contributed by atoms with van der Waals surface area (Å²) in [6.07, 6.45) is 3.31. The summed E-state index contributed by atoms with van der Waals surface area (Å²) in [6.45, 7) is 2.13. The van der Waals surface area contributed by atoms with Crippen molar-refractivity contribution in [3.8, 4) is 0 Å². The molecule has 0 unspecified atom stereocenters. The Kier molecular flexibility index (Phi) is 4.19. The predicted molar refractivity (Wildman–Crippen MR) is 100.0 cm³/mol. The van der Waals surface area contributed by atoms with Crippen molar-refractivity contribution in [2.24, 2.45) is 0 Å². The van der Waals surface area contributed by atoms with Crippen molar-refractivity contribution in [2.75, 3.05) is 10.6 Å². The second-order valence-electron chi connectivity index (χ2n) is 6.32. The molecule has 0 fully saturated rings. The van der Waals surface area contributed by atoms with Gasteiger partial charge in [-0.3, -0.25) is 4.79 Å². The van der Waals surface area contributed by atoms with E-state index in [0.717, 1.165) is 23.0 Å². The molecule has 0 atom stereocenters. The number of benzene rings is 2. The van der Waals surface area contributed by atoms with Gasteiger partial charge in [-0.1, -0.05) is 0 Å². The normalized spacial score (nSPS) is 14.3. The molecule has 4 rings (SSSR count). The number of nitrogens with zero attached hydrogens (tertiary/aromatic N) is 1. The number of aryl methyl sites for hydroxylation is 1. The minimum atomic E-state index is -0.616. The average molecular weight is 366 g/mol. The summed E-state index contributed by atoms with van der Waals surface area (Å²) in [6, 6.07) is 8.82. The second kappa shape index (κ2) is 6.68. The third kappa shape index (κ3) is 3.44. The van der Waals surface area contributed by atoms with Gasteiger partial charge >= 0.3 is 0 Å². The molecule has 0 bridgehead atoms. The molecule has 0 aliphatic carbocycles. The number of hydrogen-bond donors (Lipinski definition) is 3. The number of fused-ring (bicyclic) bond motifs is 1. The lowest BCUT2D eigenvalue weighted by Crippen LogP contribution is -2.03. The Morgan fingerprint density at radius 2 is 1.93 bits per heavy atom. The van der Waals surface area contributed by atoms with Crippen LogP contribution < -0.4 is 10.6 Å². The van der Waals surface area contributed by atoms with Crippen LogP contribution in [0, 0.1) is 18.6 Å². The second-order valence-corrected chi connectivity index (χ2v) is 6.32. The van der Waals surface area contributed by atoms with Crippen LogP contribution in [0.3, 0.4) is 0 Å². The van der Waals surface area contributed by atoms with E-state index in [0.29, 0.717) is 22.5 Å². The summed E-state index contributed by atoms with van der Waals surface area (Å²) < 4.78 is 26.6. The van der Waals surface area contributed by atoms with Crippen LogP contribution in [0.15, 0.2) is 42.7 Å². The third-order valence-electron chi connectivity index (χ3n) is 4.37. The molecule has 7 heteroatoms. The number of amides is 1. The highest BCUT2D eigenvalue weighted by molar-refractivity contribution is 6.35. The van der Waals surface area contributed by atoms with Crippen LogP contribution in [0.2, 0.25) is 0 Å². The molecule has 1 amide bonds. The van der Waals surface area contributed by atoms with Crippen LogP contribution in [0.25, 0.3) is 11.6 Å². The Balaban J connectivity index is 1.60. The van der Waals surface area contributed by atoms with Crippen molar-refractivity contribution in [2.45, 2.75) is 13.5 Å². The van der Waals surface area contributed by atoms with Crippen molar-refractivity contribution in [1.82, 2.24) is 9.97 Å². The van der Waals surface area contributed by atoms with E-state index in [1.807, 2.05) is 13.0 Å². The van der Waals surface area contributed by atoms with E-state index in [1.54, 1.807) is 24.5 Å². The topological polar surface area (TPSA) is 69.8 Å². The van der Waals surface area contributed by atoms with Gasteiger partial charge in [-0.05, 0) is 48.9 Å². The molecule has 1 aliphatic heterocycles. The molecular weight excluding hydrogens is 350 g/mol.